The van der Waals surface area contributed by atoms with Gasteiger partial charge in [-0.05, 0) is 18.9 Å². The highest BCUT2D eigenvalue weighted by atomic mass is 16.1. The number of Topliss-reactive ketones (excluding diaryl/α,β-unsaturated/α-hetero) is 1. The molecular weight excluding hydrogens is 264 g/mol. The number of rotatable bonds is 7. The third kappa shape index (κ3) is 5.39. The summed E-state index contributed by atoms with van der Waals surface area (Å²) >= 11 is 0. The zero-order chi connectivity index (χ0) is 15.8. The number of hydrogen-bond donors (Lipinski definition) is 1. The molecule has 4 nitrogen and oxygen atoms in total. The first-order chi connectivity index (χ1) is 9.97. The average Bonchev–Trinajstić information content (AvgIpc) is 2.46. The SMILES string of the molecule is CCCC(NC(C)=O)c1ccc(C(=O)CC(C)C#N)cc1. The normalized spacial score (nSPS) is 13.0. The maximum atomic E-state index is 12.0. The molecule has 0 aliphatic rings. The van der Waals surface area contributed by atoms with Crippen LogP contribution in [0, 0.1) is 17.2 Å². The maximum absolute atomic E-state index is 12.0. The Kier molecular flexibility index (Phi) is 6.61. The number of nitrogens with one attached hydrogen (secondary N) is 1. The van der Waals surface area contributed by atoms with E-state index in [0.717, 1.165) is 18.4 Å². The lowest BCUT2D eigenvalue weighted by atomic mass is 9.97. The van der Waals surface area contributed by atoms with Crippen molar-refractivity contribution in [2.24, 2.45) is 5.92 Å². The molecule has 0 bridgehead atoms. The van der Waals surface area contributed by atoms with Crippen LogP contribution in [-0.4, -0.2) is 11.7 Å². The van der Waals surface area contributed by atoms with Gasteiger partial charge < -0.3 is 5.32 Å². The lowest BCUT2D eigenvalue weighted by molar-refractivity contribution is -0.119. The van der Waals surface area contributed by atoms with Crippen LogP contribution >= 0.6 is 0 Å². The van der Waals surface area contributed by atoms with Crippen molar-refractivity contribution in [2.45, 2.75) is 46.1 Å². The lowest BCUT2D eigenvalue weighted by Crippen LogP contribution is -2.25. The van der Waals surface area contributed by atoms with Gasteiger partial charge in [0.2, 0.25) is 5.91 Å². The van der Waals surface area contributed by atoms with E-state index in [1.807, 2.05) is 12.1 Å². The van der Waals surface area contributed by atoms with E-state index in [1.165, 1.54) is 6.92 Å². The maximum Gasteiger partial charge on any atom is 0.217 e. The smallest absolute Gasteiger partial charge is 0.217 e. The lowest BCUT2D eigenvalue weighted by Gasteiger charge is -2.18. The first-order valence-corrected chi connectivity index (χ1v) is 7.27. The second-order valence-electron chi connectivity index (χ2n) is 5.32. The first-order valence-electron chi connectivity index (χ1n) is 7.27. The Morgan fingerprint density at radius 3 is 2.38 bits per heavy atom. The number of carbonyl (C=O) groups excluding carboxylic acids is 2. The molecule has 1 aromatic carbocycles. The summed E-state index contributed by atoms with van der Waals surface area (Å²) < 4.78 is 0. The van der Waals surface area contributed by atoms with Gasteiger partial charge in [0.15, 0.2) is 5.78 Å². The van der Waals surface area contributed by atoms with Crippen LogP contribution in [0.1, 0.15) is 62.0 Å². The summed E-state index contributed by atoms with van der Waals surface area (Å²) in [6.45, 7) is 5.31. The fraction of sp³-hybridized carbons (Fsp3) is 0.471. The number of amides is 1. The fourth-order valence-electron chi connectivity index (χ4n) is 2.20. The van der Waals surface area contributed by atoms with Gasteiger partial charge in [-0.25, -0.2) is 0 Å². The standard InChI is InChI=1S/C17H22N2O2/c1-4-5-16(19-13(3)20)14-6-8-15(9-7-14)17(21)10-12(2)11-18/h6-9,12,16H,4-5,10H2,1-3H3,(H,19,20). The summed E-state index contributed by atoms with van der Waals surface area (Å²) in [5, 5.41) is 11.7. The van der Waals surface area contributed by atoms with Crippen molar-refractivity contribution < 1.29 is 9.59 Å². The van der Waals surface area contributed by atoms with Gasteiger partial charge in [-0.1, -0.05) is 37.6 Å². The first kappa shape index (κ1) is 16.9. The highest BCUT2D eigenvalue weighted by molar-refractivity contribution is 5.96. The van der Waals surface area contributed by atoms with Crippen molar-refractivity contribution in [3.8, 4) is 6.07 Å². The summed E-state index contributed by atoms with van der Waals surface area (Å²) in [5.41, 5.74) is 1.61. The Balaban J connectivity index is 2.82. The van der Waals surface area contributed by atoms with Crippen LogP contribution in [0.3, 0.4) is 0 Å². The molecule has 1 amide bonds. The van der Waals surface area contributed by atoms with Gasteiger partial charge in [0.05, 0.1) is 18.0 Å². The monoisotopic (exact) mass is 286 g/mol. The zero-order valence-electron chi connectivity index (χ0n) is 12.8. The van der Waals surface area contributed by atoms with Crippen LogP contribution in [0.5, 0.6) is 0 Å². The minimum absolute atomic E-state index is 0.0188. The van der Waals surface area contributed by atoms with E-state index in [9.17, 15) is 9.59 Å². The van der Waals surface area contributed by atoms with Gasteiger partial charge in [0.25, 0.3) is 0 Å². The molecule has 1 rings (SSSR count). The highest BCUT2D eigenvalue weighted by Crippen LogP contribution is 2.20. The Morgan fingerprint density at radius 2 is 1.90 bits per heavy atom. The van der Waals surface area contributed by atoms with Crippen LogP contribution in [0.15, 0.2) is 24.3 Å². The Bertz CT molecular complexity index is 529. The predicted octanol–water partition coefficient (Wildman–Crippen LogP) is 3.40. The van der Waals surface area contributed by atoms with Gasteiger partial charge in [-0.2, -0.15) is 5.26 Å². The number of carbonyl (C=O) groups is 2. The molecule has 21 heavy (non-hydrogen) atoms. The van der Waals surface area contributed by atoms with Crippen LogP contribution < -0.4 is 5.32 Å². The molecule has 0 aliphatic heterocycles. The van der Waals surface area contributed by atoms with E-state index in [2.05, 4.69) is 18.3 Å². The average molecular weight is 286 g/mol. The molecule has 4 heteroatoms. The molecule has 0 saturated heterocycles. The zero-order valence-corrected chi connectivity index (χ0v) is 12.8. The molecule has 0 spiro atoms. The van der Waals surface area contributed by atoms with E-state index in [4.69, 9.17) is 5.26 Å². The molecule has 2 unspecified atom stereocenters. The van der Waals surface area contributed by atoms with E-state index < -0.39 is 0 Å². The molecule has 0 aromatic heterocycles. The molecule has 0 aliphatic carbocycles. The second kappa shape index (κ2) is 8.21. The number of nitriles is 1. The fourth-order valence-corrected chi connectivity index (χ4v) is 2.20. The number of ketones is 1. The van der Waals surface area contributed by atoms with E-state index >= 15 is 0 Å². The molecule has 0 fully saturated rings. The van der Waals surface area contributed by atoms with Gasteiger partial charge in [-0.15, -0.1) is 0 Å². The molecule has 1 N–H and O–H groups in total. The van der Waals surface area contributed by atoms with E-state index in [-0.39, 0.29) is 30.1 Å². The molecular formula is C17H22N2O2. The minimum Gasteiger partial charge on any atom is -0.350 e. The predicted molar refractivity (Wildman–Crippen MR) is 81.6 cm³/mol. The Labute approximate surface area is 126 Å². The highest BCUT2D eigenvalue weighted by Gasteiger charge is 2.14. The van der Waals surface area contributed by atoms with Crippen molar-refractivity contribution in [1.82, 2.24) is 5.32 Å². The number of nitrogens with zero attached hydrogens (tertiary/aromatic N) is 1. The summed E-state index contributed by atoms with van der Waals surface area (Å²) in [4.78, 5) is 23.2. The molecule has 2 atom stereocenters. The van der Waals surface area contributed by atoms with Crippen molar-refractivity contribution in [3.05, 3.63) is 35.4 Å². The van der Waals surface area contributed by atoms with Crippen LogP contribution in [0.4, 0.5) is 0 Å². The van der Waals surface area contributed by atoms with Gasteiger partial charge >= 0.3 is 0 Å². The van der Waals surface area contributed by atoms with Crippen molar-refractivity contribution >= 4 is 11.7 Å². The van der Waals surface area contributed by atoms with Crippen molar-refractivity contribution in [3.63, 3.8) is 0 Å². The number of benzene rings is 1. The number of hydrogen-bond acceptors (Lipinski definition) is 3. The van der Waals surface area contributed by atoms with Crippen LogP contribution in [-0.2, 0) is 4.79 Å². The molecule has 112 valence electrons. The third-order valence-corrected chi connectivity index (χ3v) is 3.30. The van der Waals surface area contributed by atoms with Crippen molar-refractivity contribution in [1.29, 1.82) is 5.26 Å². The van der Waals surface area contributed by atoms with Gasteiger partial charge in [-0.3, -0.25) is 9.59 Å². The van der Waals surface area contributed by atoms with Gasteiger partial charge in [0.1, 0.15) is 0 Å². The van der Waals surface area contributed by atoms with E-state index in [1.54, 1.807) is 19.1 Å². The van der Waals surface area contributed by atoms with Gasteiger partial charge in [0, 0.05) is 18.9 Å². The largest absolute Gasteiger partial charge is 0.350 e. The summed E-state index contributed by atoms with van der Waals surface area (Å²) in [6.07, 6.45) is 2.06. The van der Waals surface area contributed by atoms with Crippen LogP contribution in [0.2, 0.25) is 0 Å². The Morgan fingerprint density at radius 1 is 1.29 bits per heavy atom. The molecule has 1 aromatic rings. The molecule has 0 saturated carbocycles. The summed E-state index contributed by atoms with van der Waals surface area (Å²) in [6, 6.07) is 9.34. The quantitative estimate of drug-likeness (QED) is 0.781. The third-order valence-electron chi connectivity index (χ3n) is 3.30. The Hall–Kier alpha value is -2.15. The summed E-state index contributed by atoms with van der Waals surface area (Å²) in [7, 11) is 0. The topological polar surface area (TPSA) is 70.0 Å². The van der Waals surface area contributed by atoms with Crippen LogP contribution in [0.25, 0.3) is 0 Å². The second-order valence-corrected chi connectivity index (χ2v) is 5.32. The molecule has 0 radical (unpaired) electrons. The van der Waals surface area contributed by atoms with E-state index in [0.29, 0.717) is 5.56 Å². The van der Waals surface area contributed by atoms with Crippen molar-refractivity contribution in [2.75, 3.05) is 0 Å². The summed E-state index contributed by atoms with van der Waals surface area (Å²) in [5.74, 6) is -0.358. The molecule has 0 heterocycles. The minimum atomic E-state index is -0.274.